The zero-order valence-corrected chi connectivity index (χ0v) is 14.7. The van der Waals surface area contributed by atoms with Crippen LogP contribution in [0.4, 0.5) is 26.7 Å². The van der Waals surface area contributed by atoms with Gasteiger partial charge < -0.3 is 14.8 Å². The van der Waals surface area contributed by atoms with Crippen molar-refractivity contribution < 1.29 is 41.0 Å². The van der Waals surface area contributed by atoms with E-state index in [1.807, 2.05) is 0 Å². The summed E-state index contributed by atoms with van der Waals surface area (Å²) in [5.74, 6) is -3.28. The summed E-state index contributed by atoms with van der Waals surface area (Å²) >= 11 is 0. The summed E-state index contributed by atoms with van der Waals surface area (Å²) in [6.07, 6.45) is -11.4. The molecule has 1 N–H and O–H groups in total. The van der Waals surface area contributed by atoms with Crippen molar-refractivity contribution in [2.24, 2.45) is 0 Å². The maximum atomic E-state index is 14.1. The smallest absolute Gasteiger partial charge is 0.421 e. The second-order valence-electron chi connectivity index (χ2n) is 7.07. The van der Waals surface area contributed by atoms with Crippen molar-refractivity contribution in [3.8, 4) is 0 Å². The van der Waals surface area contributed by atoms with Gasteiger partial charge in [-0.3, -0.25) is 4.79 Å². The molecule has 1 heterocycles. The highest BCUT2D eigenvalue weighted by Gasteiger charge is 2.52. The first kappa shape index (κ1) is 21.1. The molecule has 150 valence electrons. The Kier molecular flexibility index (Phi) is 5.79. The number of benzene rings is 1. The van der Waals surface area contributed by atoms with Gasteiger partial charge in [-0.25, -0.2) is 13.6 Å². The van der Waals surface area contributed by atoms with Gasteiger partial charge in [0, 0.05) is 12.0 Å². The summed E-state index contributed by atoms with van der Waals surface area (Å²) in [7, 11) is 0. The van der Waals surface area contributed by atoms with Gasteiger partial charge in [-0.2, -0.15) is 13.2 Å². The van der Waals surface area contributed by atoms with E-state index in [1.165, 1.54) is 0 Å². The Hall–Kier alpha value is -2.23. The predicted molar refractivity (Wildman–Crippen MR) is 82.8 cm³/mol. The number of Topliss-reactive ketones (excluding diaryl/α,β-unsaturated/α-hetero) is 1. The van der Waals surface area contributed by atoms with Gasteiger partial charge in [-0.15, -0.1) is 0 Å². The summed E-state index contributed by atoms with van der Waals surface area (Å²) < 4.78 is 76.5. The Balaban J connectivity index is 2.36. The Morgan fingerprint density at radius 3 is 2.41 bits per heavy atom. The van der Waals surface area contributed by atoms with E-state index in [9.17, 15) is 31.5 Å². The van der Waals surface area contributed by atoms with Crippen LogP contribution in [0, 0.1) is 11.6 Å². The first-order valence-corrected chi connectivity index (χ1v) is 7.97. The van der Waals surface area contributed by atoms with E-state index in [2.05, 4.69) is 5.32 Å². The second kappa shape index (κ2) is 7.41. The number of carbonyl (C=O) groups is 2. The van der Waals surface area contributed by atoms with Gasteiger partial charge in [0.05, 0.1) is 6.04 Å². The predicted octanol–water partition coefficient (Wildman–Crippen LogP) is 3.82. The third-order valence-corrected chi connectivity index (χ3v) is 3.63. The number of alkyl halides is 3. The minimum absolute atomic E-state index is 0.544. The van der Waals surface area contributed by atoms with Crippen molar-refractivity contribution in [2.45, 2.75) is 57.2 Å². The zero-order chi connectivity index (χ0) is 20.6. The van der Waals surface area contributed by atoms with Crippen LogP contribution in [0.5, 0.6) is 0 Å². The fourth-order valence-electron chi connectivity index (χ4n) is 2.62. The lowest BCUT2D eigenvalue weighted by Gasteiger charge is -2.37. The van der Waals surface area contributed by atoms with E-state index in [4.69, 9.17) is 9.47 Å². The van der Waals surface area contributed by atoms with Crippen molar-refractivity contribution in [1.82, 2.24) is 5.32 Å². The lowest BCUT2D eigenvalue weighted by atomic mass is 9.92. The van der Waals surface area contributed by atoms with E-state index in [0.717, 1.165) is 12.1 Å². The van der Waals surface area contributed by atoms with Crippen molar-refractivity contribution in [1.29, 1.82) is 0 Å². The molecule has 0 radical (unpaired) electrons. The molecule has 0 saturated carbocycles. The fourth-order valence-corrected chi connectivity index (χ4v) is 2.62. The van der Waals surface area contributed by atoms with E-state index in [-0.39, 0.29) is 0 Å². The summed E-state index contributed by atoms with van der Waals surface area (Å²) in [6, 6.07) is 0.789. The Morgan fingerprint density at radius 2 is 1.85 bits per heavy atom. The number of alkyl carbamates (subject to hydrolysis) is 1. The minimum atomic E-state index is -5.03. The normalized spacial score (nSPS) is 23.9. The molecular formula is C17H18F5NO4. The average molecular weight is 395 g/mol. The van der Waals surface area contributed by atoms with Crippen LogP contribution in [-0.2, 0) is 14.3 Å². The lowest BCUT2D eigenvalue weighted by Crippen LogP contribution is -2.53. The van der Waals surface area contributed by atoms with Crippen molar-refractivity contribution in [3.05, 3.63) is 35.4 Å². The maximum Gasteiger partial charge on any atom is 0.421 e. The molecule has 0 aliphatic carbocycles. The molecule has 27 heavy (non-hydrogen) atoms. The Labute approximate surface area is 151 Å². The van der Waals surface area contributed by atoms with Gasteiger partial charge in [0.25, 0.3) is 0 Å². The molecule has 5 nitrogen and oxygen atoms in total. The molecule has 1 aliphatic heterocycles. The molecule has 0 aromatic heterocycles. The van der Waals surface area contributed by atoms with Crippen LogP contribution >= 0.6 is 0 Å². The number of halogens is 5. The molecule has 2 rings (SSSR count). The number of amides is 1. The number of ether oxygens (including phenoxy) is 2. The highest BCUT2D eigenvalue weighted by molar-refractivity contribution is 5.86. The van der Waals surface area contributed by atoms with Crippen LogP contribution in [-0.4, -0.2) is 35.8 Å². The topological polar surface area (TPSA) is 64.6 Å². The van der Waals surface area contributed by atoms with E-state index < -0.39 is 65.5 Å². The van der Waals surface area contributed by atoms with Crippen molar-refractivity contribution in [3.63, 3.8) is 0 Å². The van der Waals surface area contributed by atoms with E-state index in [1.54, 1.807) is 20.8 Å². The van der Waals surface area contributed by atoms with Gasteiger partial charge in [0.2, 0.25) is 6.10 Å². The first-order chi connectivity index (χ1) is 12.3. The molecule has 0 bridgehead atoms. The number of rotatable bonds is 2. The largest absolute Gasteiger partial charge is 0.444 e. The van der Waals surface area contributed by atoms with Crippen LogP contribution < -0.4 is 5.32 Å². The molecule has 1 fully saturated rings. The van der Waals surface area contributed by atoms with Gasteiger partial charge in [-0.05, 0) is 39.0 Å². The number of ketones is 1. The Bertz CT molecular complexity index is 727. The summed E-state index contributed by atoms with van der Waals surface area (Å²) in [6.45, 7) is 4.66. The van der Waals surface area contributed by atoms with Crippen LogP contribution in [0.3, 0.4) is 0 Å². The minimum Gasteiger partial charge on any atom is -0.444 e. The van der Waals surface area contributed by atoms with E-state index in [0.29, 0.717) is 6.07 Å². The number of hydrogen-bond donors (Lipinski definition) is 1. The maximum absolute atomic E-state index is 14.1. The monoisotopic (exact) mass is 395 g/mol. The molecule has 1 aromatic carbocycles. The Morgan fingerprint density at radius 1 is 1.22 bits per heavy atom. The molecule has 3 atom stereocenters. The molecule has 1 aromatic rings. The molecule has 10 heteroatoms. The average Bonchev–Trinajstić information content (AvgIpc) is 2.47. The van der Waals surface area contributed by atoms with Crippen molar-refractivity contribution >= 4 is 11.9 Å². The van der Waals surface area contributed by atoms with Crippen molar-refractivity contribution in [2.75, 3.05) is 0 Å². The summed E-state index contributed by atoms with van der Waals surface area (Å²) in [5, 5.41) is 2.21. The summed E-state index contributed by atoms with van der Waals surface area (Å²) in [5.41, 5.74) is -1.46. The molecule has 1 aliphatic rings. The van der Waals surface area contributed by atoms with Gasteiger partial charge in [-0.1, -0.05) is 0 Å². The zero-order valence-electron chi connectivity index (χ0n) is 14.7. The SMILES string of the molecule is CC(C)(C)OC(=O)N[C@H]1CC(=O)C(C(F)(F)F)O[C@@H]1c1cc(F)ccc1F. The summed E-state index contributed by atoms with van der Waals surface area (Å²) in [4.78, 5) is 23.8. The van der Waals surface area contributed by atoms with Crippen LogP contribution in [0.1, 0.15) is 38.9 Å². The molecular weight excluding hydrogens is 377 g/mol. The fraction of sp³-hybridized carbons (Fsp3) is 0.529. The molecule has 1 unspecified atom stereocenters. The van der Waals surface area contributed by atoms with Crippen LogP contribution in [0.2, 0.25) is 0 Å². The highest BCUT2D eigenvalue weighted by atomic mass is 19.4. The third kappa shape index (κ3) is 5.38. The molecule has 1 amide bonds. The number of carbonyl (C=O) groups excluding carboxylic acids is 2. The first-order valence-electron chi connectivity index (χ1n) is 7.97. The second-order valence-corrected chi connectivity index (χ2v) is 7.07. The van der Waals surface area contributed by atoms with Gasteiger partial charge >= 0.3 is 12.3 Å². The van der Waals surface area contributed by atoms with E-state index >= 15 is 0 Å². The standard InChI is InChI=1S/C17H18F5NO4/c1-16(2,3)27-15(25)23-11-7-12(24)14(17(20,21)22)26-13(11)9-6-8(18)4-5-10(9)19/h4-6,11,13-14H,7H2,1-3H3,(H,23,25)/t11-,13+,14?/m0/s1. The lowest BCUT2D eigenvalue weighted by molar-refractivity contribution is -0.239. The molecule has 0 spiro atoms. The third-order valence-electron chi connectivity index (χ3n) is 3.63. The van der Waals surface area contributed by atoms with Gasteiger partial charge in [0.1, 0.15) is 23.3 Å². The number of hydrogen-bond acceptors (Lipinski definition) is 4. The van der Waals surface area contributed by atoms with Gasteiger partial charge in [0.15, 0.2) is 5.78 Å². The quantitative estimate of drug-likeness (QED) is 0.774. The van der Waals surface area contributed by atoms with Crippen LogP contribution in [0.15, 0.2) is 18.2 Å². The highest BCUT2D eigenvalue weighted by Crippen LogP contribution is 2.38. The van der Waals surface area contributed by atoms with Crippen LogP contribution in [0.25, 0.3) is 0 Å². The molecule has 1 saturated heterocycles. The number of nitrogens with one attached hydrogen (secondary N) is 1.